The first-order valence-corrected chi connectivity index (χ1v) is 16.3. The molecule has 12 heteroatoms. The fourth-order valence-electron chi connectivity index (χ4n) is 6.65. The third kappa shape index (κ3) is 6.31. The number of benzene rings is 1. The van der Waals surface area contributed by atoms with Crippen molar-refractivity contribution in [1.29, 1.82) is 0 Å². The van der Waals surface area contributed by atoms with E-state index in [1.807, 2.05) is 24.3 Å². The predicted octanol–water partition coefficient (Wildman–Crippen LogP) is 4.15. The zero-order valence-corrected chi connectivity index (χ0v) is 26.6. The summed E-state index contributed by atoms with van der Waals surface area (Å²) >= 11 is 12.8. The van der Waals surface area contributed by atoms with Gasteiger partial charge in [0.05, 0.1) is 16.9 Å². The van der Waals surface area contributed by atoms with Gasteiger partial charge in [-0.2, -0.15) is 0 Å². The Morgan fingerprint density at radius 3 is 2.34 bits per heavy atom. The molecule has 1 aromatic heterocycles. The number of amides is 1. The van der Waals surface area contributed by atoms with Gasteiger partial charge in [0.25, 0.3) is 10.9 Å². The lowest BCUT2D eigenvalue weighted by molar-refractivity contribution is -0.127. The lowest BCUT2D eigenvalue weighted by Crippen LogP contribution is -2.59. The van der Waals surface area contributed by atoms with Crippen molar-refractivity contribution in [2.45, 2.75) is 63.2 Å². The number of piperidine rings is 1. The van der Waals surface area contributed by atoms with Gasteiger partial charge in [-0.25, -0.2) is 4.98 Å². The van der Waals surface area contributed by atoms with E-state index in [0.29, 0.717) is 33.5 Å². The van der Waals surface area contributed by atoms with E-state index >= 15 is 0 Å². The van der Waals surface area contributed by atoms with E-state index in [9.17, 15) is 14.4 Å². The number of halogens is 2. The Hall–Kier alpha value is -3.18. The van der Waals surface area contributed by atoms with Gasteiger partial charge in [0.1, 0.15) is 23.2 Å². The number of carbonyl (C=O) groups excluding carboxylic acids is 1. The molecule has 1 aliphatic carbocycles. The number of nitrogens with zero attached hydrogens (tertiary/aromatic N) is 4. The highest BCUT2D eigenvalue weighted by molar-refractivity contribution is 6.33. The minimum absolute atomic E-state index is 0.00344. The number of aromatic nitrogens is 1. The Morgan fingerprint density at radius 1 is 1.00 bits per heavy atom. The summed E-state index contributed by atoms with van der Waals surface area (Å²) in [7, 11) is 1.69. The molecule has 6 rings (SSSR count). The molecule has 3 aromatic rings. The average molecular weight is 641 g/mol. The molecule has 44 heavy (non-hydrogen) atoms. The van der Waals surface area contributed by atoms with Crippen molar-refractivity contribution in [2.24, 2.45) is 0 Å². The number of pyridine rings is 1. The van der Waals surface area contributed by atoms with Crippen LogP contribution in [0.15, 0.2) is 46.1 Å². The summed E-state index contributed by atoms with van der Waals surface area (Å²) in [5.74, 6) is 0.721. The van der Waals surface area contributed by atoms with Crippen molar-refractivity contribution in [2.75, 3.05) is 55.3 Å². The number of anilines is 4. The normalized spacial score (nSPS) is 20.9. The number of likely N-dealkylation sites (N-methyl/N-ethyl adjacent to an activating group) is 1. The predicted molar refractivity (Wildman–Crippen MR) is 176 cm³/mol. The van der Waals surface area contributed by atoms with Crippen LogP contribution < -0.4 is 31.7 Å². The van der Waals surface area contributed by atoms with Crippen molar-refractivity contribution < 1.29 is 4.79 Å². The number of nitrogens with one attached hydrogen (secondary N) is 3. The summed E-state index contributed by atoms with van der Waals surface area (Å²) in [6.45, 7) is 6.42. The van der Waals surface area contributed by atoms with Gasteiger partial charge in [-0.05, 0) is 55.9 Å². The molecule has 2 aromatic carbocycles. The molecule has 3 aliphatic rings. The summed E-state index contributed by atoms with van der Waals surface area (Å²) in [5, 5.41) is 10.2. The number of rotatable bonds is 10. The summed E-state index contributed by atoms with van der Waals surface area (Å²) < 4.78 is 0. The molecule has 3 N–H and O–H groups in total. The zero-order valence-electron chi connectivity index (χ0n) is 25.1. The Balaban J connectivity index is 1.08. The number of hydrogen-bond donors (Lipinski definition) is 3. The Kier molecular flexibility index (Phi) is 9.14. The largest absolute Gasteiger partial charge is 0.377 e. The van der Waals surface area contributed by atoms with Crippen molar-refractivity contribution in [3.63, 3.8) is 0 Å². The van der Waals surface area contributed by atoms with Crippen molar-refractivity contribution in [1.82, 2.24) is 20.1 Å². The summed E-state index contributed by atoms with van der Waals surface area (Å²) in [5.41, 5.74) is 1.19. The molecule has 0 bridgehead atoms. The lowest BCUT2D eigenvalue weighted by Gasteiger charge is -2.48. The molecule has 2 saturated heterocycles. The molecule has 10 nitrogen and oxygen atoms in total. The molecule has 1 saturated carbocycles. The van der Waals surface area contributed by atoms with Crippen molar-refractivity contribution in [3.8, 4) is 0 Å². The molecule has 234 valence electrons. The topological polar surface area (TPSA) is 110 Å². The first-order chi connectivity index (χ1) is 21.3. The quantitative estimate of drug-likeness (QED) is 0.282. The minimum atomic E-state index is -0.518. The molecule has 2 atom stereocenters. The third-order valence-electron chi connectivity index (χ3n) is 9.24. The summed E-state index contributed by atoms with van der Waals surface area (Å²) in [6, 6.07) is 10.1. The zero-order chi connectivity index (χ0) is 31.0. The second-order valence-corrected chi connectivity index (χ2v) is 12.9. The highest BCUT2D eigenvalue weighted by Gasteiger charge is 2.37. The fourth-order valence-corrected chi connectivity index (χ4v) is 7.06. The van der Waals surface area contributed by atoms with Crippen LogP contribution in [0.2, 0.25) is 10.0 Å². The maximum atomic E-state index is 12.9. The monoisotopic (exact) mass is 639 g/mol. The van der Waals surface area contributed by atoms with E-state index < -0.39 is 10.9 Å². The second kappa shape index (κ2) is 13.0. The Morgan fingerprint density at radius 2 is 1.70 bits per heavy atom. The van der Waals surface area contributed by atoms with Crippen LogP contribution in [0.25, 0.3) is 0 Å². The van der Waals surface area contributed by atoms with Crippen LogP contribution in [0.5, 0.6) is 0 Å². The number of carbonyl (C=O) groups is 1. The maximum Gasteiger partial charge on any atom is 0.253 e. The maximum absolute atomic E-state index is 12.9. The van der Waals surface area contributed by atoms with E-state index in [2.05, 4.69) is 42.6 Å². The van der Waals surface area contributed by atoms with Gasteiger partial charge in [-0.1, -0.05) is 42.3 Å². The molecular formula is C32H39Cl2N7O3. The second-order valence-electron chi connectivity index (χ2n) is 12.1. The van der Waals surface area contributed by atoms with Crippen LogP contribution >= 0.6 is 23.2 Å². The van der Waals surface area contributed by atoms with Gasteiger partial charge >= 0.3 is 0 Å². The van der Waals surface area contributed by atoms with Gasteiger partial charge < -0.3 is 20.9 Å². The molecule has 0 unspecified atom stereocenters. The van der Waals surface area contributed by atoms with Crippen LogP contribution in [0.4, 0.5) is 22.9 Å². The molecule has 3 fully saturated rings. The van der Waals surface area contributed by atoms with E-state index in [1.54, 1.807) is 19.3 Å². The minimum Gasteiger partial charge on any atom is -0.377 e. The Labute approximate surface area is 267 Å². The van der Waals surface area contributed by atoms with E-state index in [1.165, 1.54) is 0 Å². The smallest absolute Gasteiger partial charge is 0.253 e. The van der Waals surface area contributed by atoms with Gasteiger partial charge in [0, 0.05) is 62.9 Å². The van der Waals surface area contributed by atoms with Crippen molar-refractivity contribution in [3.05, 3.63) is 72.6 Å². The van der Waals surface area contributed by atoms with Crippen molar-refractivity contribution >= 4 is 52.0 Å². The summed E-state index contributed by atoms with van der Waals surface area (Å²) in [6.07, 6.45) is 6.67. The fraction of sp³-hybridized carbons (Fsp3) is 0.500. The van der Waals surface area contributed by atoms with Crippen LogP contribution in [0.1, 0.15) is 50.6 Å². The molecular weight excluding hydrogens is 601 g/mol. The van der Waals surface area contributed by atoms with E-state index in [4.69, 9.17) is 23.2 Å². The first kappa shape index (κ1) is 30.8. The number of likely N-dealkylation sites (tertiary alicyclic amines) is 1. The Bertz CT molecular complexity index is 1560. The van der Waals surface area contributed by atoms with Crippen LogP contribution in [0.3, 0.4) is 0 Å². The molecule has 1 amide bonds. The molecule has 0 radical (unpaired) electrons. The average Bonchev–Trinajstić information content (AvgIpc) is 3.88. The molecule has 3 heterocycles. The van der Waals surface area contributed by atoms with E-state index in [-0.39, 0.29) is 23.7 Å². The van der Waals surface area contributed by atoms with Gasteiger partial charge in [-0.3, -0.25) is 24.2 Å². The highest BCUT2D eigenvalue weighted by Crippen LogP contribution is 2.34. The van der Waals surface area contributed by atoms with Crippen LogP contribution in [0, 0.1) is 0 Å². The number of hydrogen-bond acceptors (Lipinski definition) is 9. The summed E-state index contributed by atoms with van der Waals surface area (Å²) in [4.78, 5) is 48.9. The standard InChI is InChI=1S/C32H39Cl2N7O3/c1-3-23-18-40(31-25(34)16-22(17-36-31)38-27-26(29(42)30(27)43)37-21-8-9-21)14-15-41(23)24-10-12-39(13-11-24)28(32(44)35-2)19-4-6-20(33)7-5-19/h4-7,16-17,21,23-24,28,37-38H,3,8-15,18H2,1-2H3,(H,35,44)/t23-,28-/m0/s1. The number of piperazine rings is 1. The van der Waals surface area contributed by atoms with Gasteiger partial charge in [0.2, 0.25) is 5.91 Å². The van der Waals surface area contributed by atoms with E-state index in [0.717, 1.165) is 76.2 Å². The lowest BCUT2D eigenvalue weighted by atomic mass is 9.95. The van der Waals surface area contributed by atoms with Gasteiger partial charge in [0.15, 0.2) is 0 Å². The first-order valence-electron chi connectivity index (χ1n) is 15.5. The molecule has 0 spiro atoms. The third-order valence-corrected chi connectivity index (χ3v) is 9.77. The SMILES string of the molecule is CC[C@H]1CN(c2ncc(Nc3c(NC4CC4)c(=O)c3=O)cc2Cl)CCN1C1CCN([C@H](C(=O)NC)c2ccc(Cl)cc2)CC1. The van der Waals surface area contributed by atoms with Crippen LogP contribution in [-0.4, -0.2) is 78.6 Å². The molecule has 2 aliphatic heterocycles. The van der Waals surface area contributed by atoms with Gasteiger partial charge in [-0.15, -0.1) is 0 Å². The highest BCUT2D eigenvalue weighted by atomic mass is 35.5. The van der Waals surface area contributed by atoms with Crippen LogP contribution in [-0.2, 0) is 4.79 Å².